The third kappa shape index (κ3) is 5.32. The maximum atomic E-state index is 14.1. The van der Waals surface area contributed by atoms with E-state index in [-0.39, 0.29) is 41.8 Å². The molecule has 0 aromatic heterocycles. The maximum absolute atomic E-state index is 14.1. The number of benzene rings is 3. The molecular weight excluding hydrogens is 522 g/mol. The Bertz CT molecular complexity index is 1480. The molecule has 8 nitrogen and oxygen atoms in total. The van der Waals surface area contributed by atoms with Gasteiger partial charge in [0.05, 0.1) is 0 Å². The largest absolute Gasteiger partial charge is 0.488 e. The Morgan fingerprint density at radius 3 is 2.08 bits per heavy atom. The molecule has 39 heavy (non-hydrogen) atoms. The van der Waals surface area contributed by atoms with Gasteiger partial charge in [0.2, 0.25) is 0 Å². The van der Waals surface area contributed by atoms with Gasteiger partial charge in [-0.2, -0.15) is 8.42 Å². The smallest absolute Gasteiger partial charge is 0.448 e. The van der Waals surface area contributed by atoms with Crippen molar-refractivity contribution in [2.24, 2.45) is 0 Å². The number of carbonyl (C=O) groups is 1. The van der Waals surface area contributed by atoms with Crippen molar-refractivity contribution in [2.75, 3.05) is 32.8 Å². The molecule has 1 saturated heterocycles. The molecular formula is C28H30BFN2O6S. The van der Waals surface area contributed by atoms with Crippen LogP contribution in [0.3, 0.4) is 0 Å². The van der Waals surface area contributed by atoms with E-state index in [9.17, 15) is 27.1 Å². The van der Waals surface area contributed by atoms with Crippen molar-refractivity contribution in [1.29, 1.82) is 0 Å². The van der Waals surface area contributed by atoms with Gasteiger partial charge in [-0.25, -0.2) is 4.79 Å². The van der Waals surface area contributed by atoms with E-state index in [1.807, 2.05) is 29.2 Å². The third-order valence-corrected chi connectivity index (χ3v) is 8.91. The Balaban J connectivity index is 1.23. The number of hydrogen-bond acceptors (Lipinski definition) is 7. The normalized spacial score (nSPS) is 15.7. The van der Waals surface area contributed by atoms with Crippen molar-refractivity contribution in [2.45, 2.75) is 31.2 Å². The van der Waals surface area contributed by atoms with Crippen LogP contribution in [0.4, 0.5) is 8.68 Å². The summed E-state index contributed by atoms with van der Waals surface area (Å²) in [5.74, 6) is -0.0239. The van der Waals surface area contributed by atoms with Gasteiger partial charge in [-0.3, -0.25) is 4.90 Å². The van der Waals surface area contributed by atoms with Crippen LogP contribution in [0.15, 0.2) is 59.5 Å². The minimum Gasteiger partial charge on any atom is -0.448 e. The van der Waals surface area contributed by atoms with Gasteiger partial charge in [0.15, 0.2) is 0 Å². The second kappa shape index (κ2) is 10.7. The quantitative estimate of drug-likeness (QED) is 0.358. The minimum absolute atomic E-state index is 0.0196. The predicted octanol–water partition coefficient (Wildman–Crippen LogP) is 2.71. The van der Waals surface area contributed by atoms with Crippen LogP contribution < -0.4 is 5.46 Å². The first-order valence-electron chi connectivity index (χ1n) is 12.8. The van der Waals surface area contributed by atoms with E-state index in [2.05, 4.69) is 24.3 Å². The molecule has 1 heterocycles. The molecule has 1 amide bonds. The average Bonchev–Trinajstić information content (AvgIpc) is 3.22. The van der Waals surface area contributed by atoms with E-state index in [0.29, 0.717) is 31.7 Å². The molecule has 0 bridgehead atoms. The number of rotatable bonds is 6. The van der Waals surface area contributed by atoms with Gasteiger partial charge in [0.25, 0.3) is 0 Å². The predicted molar refractivity (Wildman–Crippen MR) is 146 cm³/mol. The van der Waals surface area contributed by atoms with Crippen LogP contribution in [-0.4, -0.2) is 74.3 Å². The van der Waals surface area contributed by atoms with Crippen LogP contribution in [0.1, 0.15) is 33.7 Å². The van der Waals surface area contributed by atoms with E-state index in [4.69, 9.17) is 4.74 Å². The second-order valence-corrected chi connectivity index (χ2v) is 11.4. The zero-order chi connectivity index (χ0) is 27.9. The lowest BCUT2D eigenvalue weighted by molar-refractivity contribution is 0.0728. The molecule has 3 aromatic rings. The molecule has 1 aliphatic carbocycles. The van der Waals surface area contributed by atoms with Crippen LogP contribution >= 0.6 is 0 Å². The van der Waals surface area contributed by atoms with Crippen LogP contribution in [0.25, 0.3) is 11.1 Å². The second-order valence-electron chi connectivity index (χ2n) is 10.1. The van der Waals surface area contributed by atoms with Crippen molar-refractivity contribution in [3.63, 3.8) is 0 Å². The molecule has 0 spiro atoms. The Morgan fingerprint density at radius 1 is 0.974 bits per heavy atom. The van der Waals surface area contributed by atoms with Gasteiger partial charge < -0.3 is 19.7 Å². The lowest BCUT2D eigenvalue weighted by Crippen LogP contribution is -2.48. The maximum Gasteiger partial charge on any atom is 0.488 e. The van der Waals surface area contributed by atoms with E-state index in [0.717, 1.165) is 22.3 Å². The highest BCUT2D eigenvalue weighted by Gasteiger charge is 2.31. The molecule has 1 fully saturated rings. The van der Waals surface area contributed by atoms with Crippen molar-refractivity contribution in [1.82, 2.24) is 9.80 Å². The monoisotopic (exact) mass is 552 g/mol. The highest BCUT2D eigenvalue weighted by molar-refractivity contribution is 7.86. The number of halogens is 1. The van der Waals surface area contributed by atoms with Gasteiger partial charge in [0, 0.05) is 38.6 Å². The molecule has 0 radical (unpaired) electrons. The Morgan fingerprint density at radius 2 is 1.54 bits per heavy atom. The number of amides is 1. The van der Waals surface area contributed by atoms with E-state index >= 15 is 0 Å². The molecule has 5 rings (SSSR count). The van der Waals surface area contributed by atoms with Gasteiger partial charge in [-0.1, -0.05) is 54.6 Å². The fraction of sp³-hybridized carbons (Fsp3) is 0.321. The third-order valence-electron chi connectivity index (χ3n) is 7.81. The molecule has 0 saturated carbocycles. The Hall–Kier alpha value is -3.25. The van der Waals surface area contributed by atoms with Crippen LogP contribution in [0.5, 0.6) is 0 Å². The SMILES string of the molecule is Cc1c(CN2CCN(C(=O)OCC3c4ccccc4-c4ccccc43)CC2)cc(B(O)O)c(C)c1S(=O)(=O)F. The molecule has 1 aliphatic heterocycles. The molecule has 3 aromatic carbocycles. The van der Waals surface area contributed by atoms with E-state index in [1.165, 1.54) is 19.9 Å². The molecule has 2 N–H and O–H groups in total. The molecule has 204 valence electrons. The summed E-state index contributed by atoms with van der Waals surface area (Å²) in [6.07, 6.45) is -0.389. The lowest BCUT2D eigenvalue weighted by atomic mass is 9.75. The summed E-state index contributed by atoms with van der Waals surface area (Å²) in [7, 11) is -7.00. The van der Waals surface area contributed by atoms with Crippen LogP contribution in [-0.2, 0) is 21.5 Å². The van der Waals surface area contributed by atoms with Crippen LogP contribution in [0, 0.1) is 13.8 Å². The summed E-state index contributed by atoms with van der Waals surface area (Å²) in [6.45, 7) is 5.17. The summed E-state index contributed by atoms with van der Waals surface area (Å²) in [5, 5.41) is 19.4. The summed E-state index contributed by atoms with van der Waals surface area (Å²) in [6, 6.07) is 17.8. The van der Waals surface area contributed by atoms with E-state index in [1.54, 1.807) is 4.90 Å². The zero-order valence-electron chi connectivity index (χ0n) is 21.8. The average molecular weight is 552 g/mol. The molecule has 0 atom stereocenters. The van der Waals surface area contributed by atoms with Gasteiger partial charge in [-0.15, -0.1) is 3.89 Å². The van der Waals surface area contributed by atoms with Crippen molar-refractivity contribution in [3.05, 3.63) is 82.4 Å². The highest BCUT2D eigenvalue weighted by atomic mass is 32.3. The number of fused-ring (bicyclic) bond motifs is 3. The number of piperazine rings is 1. The number of hydrogen-bond donors (Lipinski definition) is 2. The first kappa shape index (κ1) is 27.3. The molecule has 2 aliphatic rings. The summed E-state index contributed by atoms with van der Waals surface area (Å²) in [4.78, 5) is 16.1. The van der Waals surface area contributed by atoms with Crippen molar-refractivity contribution >= 4 is 28.9 Å². The molecule has 11 heteroatoms. The fourth-order valence-electron chi connectivity index (χ4n) is 5.78. The fourth-order valence-corrected chi connectivity index (χ4v) is 6.76. The summed E-state index contributed by atoms with van der Waals surface area (Å²) < 4.78 is 43.4. The molecule has 0 unspecified atom stereocenters. The van der Waals surface area contributed by atoms with E-state index < -0.39 is 22.2 Å². The highest BCUT2D eigenvalue weighted by Crippen LogP contribution is 2.44. The zero-order valence-corrected chi connectivity index (χ0v) is 22.6. The topological polar surface area (TPSA) is 107 Å². The first-order valence-corrected chi connectivity index (χ1v) is 14.2. The summed E-state index contributed by atoms with van der Waals surface area (Å²) in [5.41, 5.74) is 5.26. The Labute approximate surface area is 228 Å². The first-order chi connectivity index (χ1) is 18.6. The lowest BCUT2D eigenvalue weighted by Gasteiger charge is -2.34. The number of carbonyl (C=O) groups excluding carboxylic acids is 1. The summed E-state index contributed by atoms with van der Waals surface area (Å²) >= 11 is 0. The minimum atomic E-state index is -5.06. The van der Waals surface area contributed by atoms with Crippen molar-refractivity contribution in [3.8, 4) is 11.1 Å². The Kier molecular flexibility index (Phi) is 7.52. The van der Waals surface area contributed by atoms with Gasteiger partial charge >= 0.3 is 23.4 Å². The number of ether oxygens (including phenoxy) is 1. The number of nitrogens with zero attached hydrogens (tertiary/aromatic N) is 2. The van der Waals surface area contributed by atoms with Crippen molar-refractivity contribution < 1.29 is 31.9 Å². The van der Waals surface area contributed by atoms with Crippen LogP contribution in [0.2, 0.25) is 0 Å². The standard InChI is InChI=1S/C28H30BFN2O6S/c1-18-20(15-26(29(34)35)19(2)27(18)39(30,36)37)16-31-11-13-32(14-12-31)28(33)38-17-25-23-9-5-3-7-21(23)22-8-4-6-10-24(22)25/h3-10,15,25,34-35H,11-14,16-17H2,1-2H3. The van der Waals surface area contributed by atoms with Gasteiger partial charge in [0.1, 0.15) is 11.5 Å². The van der Waals surface area contributed by atoms with Gasteiger partial charge in [-0.05, 0) is 58.3 Å².